The van der Waals surface area contributed by atoms with Gasteiger partial charge in [0.2, 0.25) is 0 Å². The van der Waals surface area contributed by atoms with Gasteiger partial charge in [0.25, 0.3) is 0 Å². The highest BCUT2D eigenvalue weighted by Gasteiger charge is 2.52. The number of carbonyl (C=O) groups is 1. The van der Waals surface area contributed by atoms with Crippen LogP contribution in [0.2, 0.25) is 0 Å². The van der Waals surface area contributed by atoms with Crippen molar-refractivity contribution >= 4 is 5.97 Å². The average Bonchev–Trinajstić information content (AvgIpc) is 3.15. The molecule has 0 amide bonds. The third-order valence-electron chi connectivity index (χ3n) is 5.05. The Balaban J connectivity index is 1.33. The molecule has 0 bridgehead atoms. The van der Waals surface area contributed by atoms with Crippen LogP contribution in [0.3, 0.4) is 0 Å². The molecule has 2 rings (SSSR count). The largest absolute Gasteiger partial charge is 0.467 e. The lowest BCUT2D eigenvalue weighted by molar-refractivity contribution is -0.147. The molecule has 4 heteroatoms. The Bertz CT molecular complexity index is 319. The quantitative estimate of drug-likeness (QED) is 0.312. The van der Waals surface area contributed by atoms with Gasteiger partial charge in [-0.05, 0) is 25.2 Å². The minimum absolute atomic E-state index is 0.241. The Labute approximate surface area is 134 Å². The van der Waals surface area contributed by atoms with Gasteiger partial charge in [0.15, 0.2) is 5.60 Å². The van der Waals surface area contributed by atoms with E-state index in [2.05, 4.69) is 0 Å². The second-order valence-corrected chi connectivity index (χ2v) is 6.84. The number of unbranched alkanes of at least 4 members (excludes halogenated alkanes) is 3. The molecule has 0 aromatic rings. The lowest BCUT2D eigenvalue weighted by Crippen LogP contribution is -2.26. The van der Waals surface area contributed by atoms with E-state index in [1.165, 1.54) is 58.5 Å². The van der Waals surface area contributed by atoms with E-state index < -0.39 is 5.60 Å². The van der Waals surface area contributed by atoms with Crippen LogP contribution < -0.4 is 0 Å². The Morgan fingerprint density at radius 2 is 1.77 bits per heavy atom. The molecule has 0 aromatic heterocycles. The van der Waals surface area contributed by atoms with E-state index >= 15 is 0 Å². The van der Waals surface area contributed by atoms with Gasteiger partial charge in [-0.2, -0.15) is 0 Å². The summed E-state index contributed by atoms with van der Waals surface area (Å²) in [5, 5.41) is 0. The predicted molar refractivity (Wildman–Crippen MR) is 85.8 cm³/mol. The van der Waals surface area contributed by atoms with Gasteiger partial charge in [-0.25, -0.2) is 4.79 Å². The van der Waals surface area contributed by atoms with Crippen molar-refractivity contribution in [2.45, 2.75) is 76.2 Å². The summed E-state index contributed by atoms with van der Waals surface area (Å²) in [5.41, 5.74) is -0.641. The summed E-state index contributed by atoms with van der Waals surface area (Å²) in [6, 6.07) is 0. The van der Waals surface area contributed by atoms with Crippen LogP contribution in [0.4, 0.5) is 0 Å². The van der Waals surface area contributed by atoms with Crippen LogP contribution >= 0.6 is 0 Å². The fourth-order valence-corrected chi connectivity index (χ4v) is 3.49. The molecule has 0 radical (unpaired) electrons. The van der Waals surface area contributed by atoms with Gasteiger partial charge in [0.1, 0.15) is 0 Å². The highest BCUT2D eigenvalue weighted by atomic mass is 16.6. The zero-order valence-corrected chi connectivity index (χ0v) is 14.1. The van der Waals surface area contributed by atoms with Gasteiger partial charge in [0.05, 0.1) is 13.7 Å². The molecule has 1 aliphatic carbocycles. The molecule has 1 aliphatic heterocycles. The lowest BCUT2D eigenvalue weighted by atomic mass is 9.99. The highest BCUT2D eigenvalue weighted by molar-refractivity contribution is 5.82. The fourth-order valence-electron chi connectivity index (χ4n) is 3.49. The van der Waals surface area contributed by atoms with Crippen molar-refractivity contribution in [1.29, 1.82) is 0 Å². The molecule has 0 N–H and O–H groups in total. The maximum atomic E-state index is 11.5. The van der Waals surface area contributed by atoms with Gasteiger partial charge in [-0.1, -0.05) is 51.4 Å². The molecule has 1 saturated carbocycles. The first-order valence-corrected chi connectivity index (χ1v) is 9.07. The molecule has 128 valence electrons. The van der Waals surface area contributed by atoms with Crippen molar-refractivity contribution in [2.75, 3.05) is 26.9 Å². The van der Waals surface area contributed by atoms with Crippen LogP contribution in [-0.4, -0.2) is 38.5 Å². The van der Waals surface area contributed by atoms with Crippen molar-refractivity contribution < 1.29 is 19.0 Å². The van der Waals surface area contributed by atoms with Crippen molar-refractivity contribution in [3.63, 3.8) is 0 Å². The van der Waals surface area contributed by atoms with E-state index in [9.17, 15) is 4.79 Å². The van der Waals surface area contributed by atoms with E-state index in [1.54, 1.807) is 0 Å². The van der Waals surface area contributed by atoms with E-state index in [4.69, 9.17) is 14.2 Å². The molecule has 1 atom stereocenters. The smallest absolute Gasteiger partial charge is 0.340 e. The summed E-state index contributed by atoms with van der Waals surface area (Å²) < 4.78 is 15.6. The minimum atomic E-state index is -0.641. The van der Waals surface area contributed by atoms with Crippen molar-refractivity contribution in [1.82, 2.24) is 0 Å². The first kappa shape index (κ1) is 17.7. The topological polar surface area (TPSA) is 48.1 Å². The molecule has 1 unspecified atom stereocenters. The van der Waals surface area contributed by atoms with Crippen LogP contribution in [0.25, 0.3) is 0 Å². The average molecular weight is 312 g/mol. The van der Waals surface area contributed by atoms with E-state index in [0.717, 1.165) is 25.4 Å². The first-order chi connectivity index (χ1) is 10.8. The summed E-state index contributed by atoms with van der Waals surface area (Å²) in [5.74, 6) is 0.790. The van der Waals surface area contributed by atoms with Crippen LogP contribution in [0.5, 0.6) is 0 Å². The van der Waals surface area contributed by atoms with E-state index in [1.807, 2.05) is 0 Å². The summed E-state index contributed by atoms with van der Waals surface area (Å²) in [6.07, 6.45) is 14.0. The standard InChI is InChI=1S/C18H32O4/c1-20-17(19)18(15-22-18)12-8-14-21-13-7-3-2-4-9-16-10-5-6-11-16/h16H,2-15H2,1H3. The Morgan fingerprint density at radius 1 is 1.09 bits per heavy atom. The van der Waals surface area contributed by atoms with Gasteiger partial charge in [-0.3, -0.25) is 0 Å². The van der Waals surface area contributed by atoms with Crippen molar-refractivity contribution in [3.8, 4) is 0 Å². The van der Waals surface area contributed by atoms with Crippen LogP contribution in [0, 0.1) is 5.92 Å². The van der Waals surface area contributed by atoms with Crippen molar-refractivity contribution in [2.24, 2.45) is 5.92 Å². The molecule has 0 spiro atoms. The van der Waals surface area contributed by atoms with E-state index in [0.29, 0.717) is 19.6 Å². The second-order valence-electron chi connectivity index (χ2n) is 6.84. The third-order valence-corrected chi connectivity index (χ3v) is 5.05. The Hall–Kier alpha value is -0.610. The Kier molecular flexibility index (Phi) is 7.67. The maximum absolute atomic E-state index is 11.5. The van der Waals surface area contributed by atoms with Gasteiger partial charge in [0, 0.05) is 13.2 Å². The van der Waals surface area contributed by atoms with Gasteiger partial charge in [-0.15, -0.1) is 0 Å². The number of ether oxygens (including phenoxy) is 3. The lowest BCUT2D eigenvalue weighted by Gasteiger charge is -2.10. The number of carbonyl (C=O) groups excluding carboxylic acids is 1. The molecular formula is C18H32O4. The van der Waals surface area contributed by atoms with Gasteiger partial charge >= 0.3 is 5.97 Å². The monoisotopic (exact) mass is 312 g/mol. The highest BCUT2D eigenvalue weighted by Crippen LogP contribution is 2.33. The summed E-state index contributed by atoms with van der Waals surface area (Å²) >= 11 is 0. The second kappa shape index (κ2) is 9.51. The van der Waals surface area contributed by atoms with Gasteiger partial charge < -0.3 is 14.2 Å². The molecule has 2 fully saturated rings. The molecule has 22 heavy (non-hydrogen) atoms. The number of rotatable bonds is 12. The SMILES string of the molecule is COC(=O)C1(CCCOCCCCCCC2CCCC2)CO1. The van der Waals surface area contributed by atoms with E-state index in [-0.39, 0.29) is 5.97 Å². The summed E-state index contributed by atoms with van der Waals surface area (Å²) in [4.78, 5) is 11.5. The molecule has 4 nitrogen and oxygen atoms in total. The molecule has 0 aromatic carbocycles. The molecule has 1 saturated heterocycles. The number of hydrogen-bond donors (Lipinski definition) is 0. The Morgan fingerprint density at radius 3 is 2.45 bits per heavy atom. The molecular weight excluding hydrogens is 280 g/mol. The maximum Gasteiger partial charge on any atom is 0.340 e. The number of hydrogen-bond acceptors (Lipinski definition) is 4. The third kappa shape index (κ3) is 5.88. The van der Waals surface area contributed by atoms with Crippen LogP contribution in [0.1, 0.15) is 70.6 Å². The van der Waals surface area contributed by atoms with Crippen LogP contribution in [-0.2, 0) is 19.0 Å². The predicted octanol–water partition coefficient (Wildman–Crippen LogP) is 3.87. The number of epoxide rings is 1. The first-order valence-electron chi connectivity index (χ1n) is 9.07. The summed E-state index contributed by atoms with van der Waals surface area (Å²) in [7, 11) is 1.41. The van der Waals surface area contributed by atoms with Crippen molar-refractivity contribution in [3.05, 3.63) is 0 Å². The zero-order chi connectivity index (χ0) is 15.7. The van der Waals surface area contributed by atoms with Crippen LogP contribution in [0.15, 0.2) is 0 Å². The minimum Gasteiger partial charge on any atom is -0.467 e. The number of methoxy groups -OCH3 is 1. The fraction of sp³-hybridized carbons (Fsp3) is 0.944. The zero-order valence-electron chi connectivity index (χ0n) is 14.1. The number of esters is 1. The molecule has 2 aliphatic rings. The normalized spacial score (nSPS) is 24.6. The molecule has 1 heterocycles. The summed E-state index contributed by atoms with van der Waals surface area (Å²) in [6.45, 7) is 2.06.